The minimum absolute atomic E-state index is 0.0986. The molecular weight excluding hydrogens is 354 g/mol. The van der Waals surface area contributed by atoms with Crippen LogP contribution in [0.5, 0.6) is 0 Å². The van der Waals surface area contributed by atoms with Gasteiger partial charge in [-0.3, -0.25) is 9.59 Å². The minimum Gasteiger partial charge on any atom is -0.388 e. The van der Waals surface area contributed by atoms with Crippen LogP contribution in [0.3, 0.4) is 0 Å². The Morgan fingerprint density at radius 1 is 1.18 bits per heavy atom. The second kappa shape index (κ2) is 10.1. The minimum atomic E-state index is -0.529. The number of rotatable bonds is 10. The van der Waals surface area contributed by atoms with Gasteiger partial charge in [0.05, 0.1) is 6.54 Å². The van der Waals surface area contributed by atoms with Gasteiger partial charge in [-0.15, -0.1) is 0 Å². The van der Waals surface area contributed by atoms with Crippen molar-refractivity contribution >= 4 is 35.1 Å². The van der Waals surface area contributed by atoms with E-state index in [1.807, 2.05) is 31.2 Å². The number of carbonyl (C=O) groups excluding carboxylic acids is 2. The van der Waals surface area contributed by atoms with Crippen LogP contribution >= 0.6 is 0 Å². The molecule has 0 spiro atoms. The maximum atomic E-state index is 12.9. The number of hydrogen-bond donors (Lipinski definition) is 4. The van der Waals surface area contributed by atoms with Gasteiger partial charge in [0.25, 0.3) is 5.91 Å². The fourth-order valence-corrected chi connectivity index (χ4v) is 2.91. The van der Waals surface area contributed by atoms with Crippen LogP contribution in [0.25, 0.3) is 0 Å². The first-order chi connectivity index (χ1) is 13.5. The third-order valence-electron chi connectivity index (χ3n) is 4.32. The van der Waals surface area contributed by atoms with Gasteiger partial charge in [-0.1, -0.05) is 25.5 Å². The van der Waals surface area contributed by atoms with E-state index in [-0.39, 0.29) is 12.5 Å². The maximum Gasteiger partial charge on any atom is 0.254 e. The number of nitrogens with one attached hydrogen (secondary N) is 3. The summed E-state index contributed by atoms with van der Waals surface area (Å²) in [6.07, 6.45) is 3.00. The Kier molecular flexibility index (Phi) is 7.56. The lowest BCUT2D eigenvalue weighted by molar-refractivity contribution is -0.118. The zero-order valence-electron chi connectivity index (χ0n) is 16.3. The Bertz CT molecular complexity index is 850. The topological polar surface area (TPSA) is 111 Å². The second-order valence-corrected chi connectivity index (χ2v) is 6.41. The fraction of sp³-hybridized carbons (Fsp3) is 0.286. The maximum absolute atomic E-state index is 12.9. The van der Waals surface area contributed by atoms with E-state index in [1.165, 1.54) is 11.1 Å². The van der Waals surface area contributed by atoms with Gasteiger partial charge in [0.15, 0.2) is 0 Å². The Balaban J connectivity index is 2.27. The van der Waals surface area contributed by atoms with E-state index < -0.39 is 5.91 Å². The van der Waals surface area contributed by atoms with Crippen molar-refractivity contribution in [1.29, 1.82) is 5.41 Å². The van der Waals surface area contributed by atoms with Gasteiger partial charge in [-0.2, -0.15) is 0 Å². The van der Waals surface area contributed by atoms with E-state index in [0.717, 1.165) is 35.5 Å². The predicted octanol–water partition coefficient (Wildman–Crippen LogP) is 3.20. The first-order valence-corrected chi connectivity index (χ1v) is 9.26. The van der Waals surface area contributed by atoms with E-state index >= 15 is 0 Å². The van der Waals surface area contributed by atoms with E-state index in [1.54, 1.807) is 25.2 Å². The Morgan fingerprint density at radius 2 is 1.89 bits per heavy atom. The number of nitrogens with zero attached hydrogens (tertiary/aromatic N) is 1. The molecule has 0 bridgehead atoms. The van der Waals surface area contributed by atoms with E-state index in [2.05, 4.69) is 10.6 Å². The van der Waals surface area contributed by atoms with Crippen LogP contribution in [0, 0.1) is 5.41 Å². The van der Waals surface area contributed by atoms with E-state index in [9.17, 15) is 9.59 Å². The molecule has 2 aromatic carbocycles. The summed E-state index contributed by atoms with van der Waals surface area (Å²) in [6.45, 7) is 2.41. The molecule has 7 heteroatoms. The lowest BCUT2D eigenvalue weighted by Gasteiger charge is -2.21. The van der Waals surface area contributed by atoms with Crippen molar-refractivity contribution in [2.75, 3.05) is 30.8 Å². The molecule has 2 aromatic rings. The fourth-order valence-electron chi connectivity index (χ4n) is 2.91. The smallest absolute Gasteiger partial charge is 0.254 e. The zero-order valence-corrected chi connectivity index (χ0v) is 16.3. The number of primary amides is 1. The molecule has 0 radical (unpaired) electrons. The van der Waals surface area contributed by atoms with Crippen molar-refractivity contribution < 1.29 is 9.59 Å². The summed E-state index contributed by atoms with van der Waals surface area (Å²) < 4.78 is 0. The predicted molar refractivity (Wildman–Crippen MR) is 114 cm³/mol. The number of hydrogen-bond acceptors (Lipinski definition) is 5. The van der Waals surface area contributed by atoms with Crippen LogP contribution in [-0.4, -0.2) is 43.1 Å². The standard InChI is InChI=1S/C21H27N5O2/c1-3-4-11-26(14-20(23)27)21(28)15-7-5-8-16(12-15)25-19-10-6-9-18(24-2)17(19)13-22/h5-10,12-13,22,24-25H,3-4,11,14H2,1-2H3,(H2,23,27). The molecule has 148 valence electrons. The lowest BCUT2D eigenvalue weighted by atomic mass is 10.1. The first-order valence-electron chi connectivity index (χ1n) is 9.26. The highest BCUT2D eigenvalue weighted by molar-refractivity contribution is 5.98. The summed E-state index contributed by atoms with van der Waals surface area (Å²) in [7, 11) is 1.80. The normalized spacial score (nSPS) is 10.2. The van der Waals surface area contributed by atoms with Gasteiger partial charge in [-0.25, -0.2) is 0 Å². The monoisotopic (exact) mass is 381 g/mol. The van der Waals surface area contributed by atoms with E-state index in [4.69, 9.17) is 11.1 Å². The molecule has 0 saturated carbocycles. The number of nitrogens with two attached hydrogens (primary N) is 1. The zero-order chi connectivity index (χ0) is 20.5. The molecule has 7 nitrogen and oxygen atoms in total. The van der Waals surface area contributed by atoms with Gasteiger partial charge < -0.3 is 26.7 Å². The summed E-state index contributed by atoms with van der Waals surface area (Å²) >= 11 is 0. The molecule has 0 aliphatic rings. The molecule has 0 atom stereocenters. The quantitative estimate of drug-likeness (QED) is 0.474. The average molecular weight is 381 g/mol. The highest BCUT2D eigenvalue weighted by Gasteiger charge is 2.17. The third kappa shape index (κ3) is 5.33. The van der Waals surface area contributed by atoms with Crippen molar-refractivity contribution in [3.05, 3.63) is 53.6 Å². The lowest BCUT2D eigenvalue weighted by Crippen LogP contribution is -2.39. The molecule has 0 aliphatic heterocycles. The largest absolute Gasteiger partial charge is 0.388 e. The van der Waals surface area contributed by atoms with Crippen molar-refractivity contribution in [2.45, 2.75) is 19.8 Å². The molecule has 0 aromatic heterocycles. The van der Waals surface area contributed by atoms with Gasteiger partial charge in [-0.05, 0) is 36.8 Å². The van der Waals surface area contributed by atoms with Gasteiger partial charge in [0, 0.05) is 48.0 Å². The molecule has 0 aliphatic carbocycles. The summed E-state index contributed by atoms with van der Waals surface area (Å²) in [6, 6.07) is 12.7. The molecule has 0 saturated heterocycles. The average Bonchev–Trinajstić information content (AvgIpc) is 2.70. The van der Waals surface area contributed by atoms with Crippen molar-refractivity contribution in [2.24, 2.45) is 5.73 Å². The van der Waals surface area contributed by atoms with Crippen LogP contribution in [0.4, 0.5) is 17.1 Å². The number of amides is 2. The highest BCUT2D eigenvalue weighted by atomic mass is 16.2. The van der Waals surface area contributed by atoms with Crippen LogP contribution in [-0.2, 0) is 4.79 Å². The molecule has 2 amide bonds. The SMILES string of the molecule is CCCCN(CC(N)=O)C(=O)c1cccc(Nc2cccc(NC)c2C=N)c1. The Hall–Kier alpha value is -3.35. The second-order valence-electron chi connectivity index (χ2n) is 6.41. The molecule has 0 fully saturated rings. The molecule has 0 unspecified atom stereocenters. The number of anilines is 3. The summed E-state index contributed by atoms with van der Waals surface area (Å²) in [5.41, 5.74) is 8.81. The summed E-state index contributed by atoms with van der Waals surface area (Å²) in [5, 5.41) is 14.0. The molecular formula is C21H27N5O2. The van der Waals surface area contributed by atoms with Crippen molar-refractivity contribution in [1.82, 2.24) is 4.90 Å². The number of benzene rings is 2. The summed E-state index contributed by atoms with van der Waals surface area (Å²) in [4.78, 5) is 25.7. The van der Waals surface area contributed by atoms with Crippen LogP contribution in [0.15, 0.2) is 42.5 Å². The number of carbonyl (C=O) groups is 2. The number of unbranched alkanes of at least 4 members (excludes halogenated alkanes) is 1. The summed E-state index contributed by atoms with van der Waals surface area (Å²) in [5.74, 6) is -0.759. The van der Waals surface area contributed by atoms with E-state index in [0.29, 0.717) is 12.1 Å². The van der Waals surface area contributed by atoms with Crippen LogP contribution in [0.2, 0.25) is 0 Å². The van der Waals surface area contributed by atoms with Gasteiger partial charge in [0.1, 0.15) is 0 Å². The molecule has 28 heavy (non-hydrogen) atoms. The molecule has 0 heterocycles. The first kappa shape index (κ1) is 21.0. The molecule has 5 N–H and O–H groups in total. The van der Waals surface area contributed by atoms with Crippen LogP contribution < -0.4 is 16.4 Å². The highest BCUT2D eigenvalue weighted by Crippen LogP contribution is 2.26. The van der Waals surface area contributed by atoms with Crippen molar-refractivity contribution in [3.63, 3.8) is 0 Å². The van der Waals surface area contributed by atoms with Gasteiger partial charge >= 0.3 is 0 Å². The molecule has 2 rings (SSSR count). The van der Waals surface area contributed by atoms with Crippen molar-refractivity contribution in [3.8, 4) is 0 Å². The Labute approximate surface area is 165 Å². The van der Waals surface area contributed by atoms with Crippen LogP contribution in [0.1, 0.15) is 35.7 Å². The third-order valence-corrected chi connectivity index (χ3v) is 4.32. The Morgan fingerprint density at radius 3 is 2.54 bits per heavy atom. The van der Waals surface area contributed by atoms with Gasteiger partial charge in [0.2, 0.25) is 5.91 Å².